The first-order chi connectivity index (χ1) is 13.4. The van der Waals surface area contributed by atoms with E-state index < -0.39 is 10.0 Å². The third-order valence-corrected chi connectivity index (χ3v) is 5.49. The number of sulfonamides is 1. The lowest BCUT2D eigenvalue weighted by atomic mass is 10.2. The highest BCUT2D eigenvalue weighted by Crippen LogP contribution is 2.15. The van der Waals surface area contributed by atoms with E-state index in [9.17, 15) is 13.2 Å². The van der Waals surface area contributed by atoms with Gasteiger partial charge in [-0.2, -0.15) is 0 Å². The number of hydrogen-bond acceptors (Lipinski definition) is 6. The van der Waals surface area contributed by atoms with Gasteiger partial charge in [-0.15, -0.1) is 0 Å². The molecule has 0 atom stereocenters. The second-order valence-electron chi connectivity index (χ2n) is 5.97. The molecule has 1 amide bonds. The molecule has 2 N–H and O–H groups in total. The van der Waals surface area contributed by atoms with Gasteiger partial charge in [0.2, 0.25) is 10.0 Å². The number of benzene rings is 1. The number of carbonyl (C=O) groups excluding carboxylic acids is 1. The van der Waals surface area contributed by atoms with Gasteiger partial charge in [0.15, 0.2) is 5.82 Å². The number of hydrogen-bond donors (Lipinski definition) is 2. The molecule has 2 aromatic heterocycles. The van der Waals surface area contributed by atoms with Gasteiger partial charge in [0.1, 0.15) is 0 Å². The van der Waals surface area contributed by atoms with Crippen molar-refractivity contribution in [2.24, 2.45) is 0 Å². The Balaban J connectivity index is 1.73. The molecule has 8 nitrogen and oxygen atoms in total. The second kappa shape index (κ2) is 8.24. The molecule has 9 heteroatoms. The van der Waals surface area contributed by atoms with Gasteiger partial charge in [-0.3, -0.25) is 9.78 Å². The number of carbonyl (C=O) groups is 1. The Morgan fingerprint density at radius 3 is 2.64 bits per heavy atom. The van der Waals surface area contributed by atoms with E-state index in [1.165, 1.54) is 25.4 Å². The summed E-state index contributed by atoms with van der Waals surface area (Å²) in [5.41, 5.74) is 2.32. The fourth-order valence-electron chi connectivity index (χ4n) is 2.54. The molecule has 0 unspecified atom stereocenters. The van der Waals surface area contributed by atoms with Crippen LogP contribution in [0.4, 0.5) is 0 Å². The molecular formula is C19H19N5O3S. The van der Waals surface area contributed by atoms with Crippen LogP contribution in [-0.2, 0) is 16.6 Å². The van der Waals surface area contributed by atoms with E-state index in [0.29, 0.717) is 22.6 Å². The van der Waals surface area contributed by atoms with Crippen molar-refractivity contribution in [3.63, 3.8) is 0 Å². The number of amides is 1. The monoisotopic (exact) mass is 397 g/mol. The van der Waals surface area contributed by atoms with Crippen LogP contribution in [0.1, 0.15) is 21.6 Å². The van der Waals surface area contributed by atoms with Gasteiger partial charge in [-0.25, -0.2) is 23.1 Å². The summed E-state index contributed by atoms with van der Waals surface area (Å²) in [6, 6.07) is 10.0. The van der Waals surface area contributed by atoms with Crippen LogP contribution in [0, 0.1) is 6.92 Å². The molecular weight excluding hydrogens is 378 g/mol. The molecule has 3 rings (SSSR count). The minimum absolute atomic E-state index is 0.141. The van der Waals surface area contributed by atoms with Crippen molar-refractivity contribution >= 4 is 15.9 Å². The van der Waals surface area contributed by atoms with Gasteiger partial charge in [0.05, 0.1) is 16.2 Å². The molecule has 28 heavy (non-hydrogen) atoms. The highest BCUT2D eigenvalue weighted by Gasteiger charge is 2.14. The lowest BCUT2D eigenvalue weighted by Gasteiger charge is -2.09. The summed E-state index contributed by atoms with van der Waals surface area (Å²) < 4.78 is 26.0. The van der Waals surface area contributed by atoms with Gasteiger partial charge < -0.3 is 5.32 Å². The smallest absolute Gasteiger partial charge is 0.254 e. The molecule has 0 spiro atoms. The third-order valence-electron chi connectivity index (χ3n) is 4.07. The highest BCUT2D eigenvalue weighted by atomic mass is 32.2. The molecule has 0 radical (unpaired) electrons. The van der Waals surface area contributed by atoms with E-state index in [-0.39, 0.29) is 17.3 Å². The Morgan fingerprint density at radius 1 is 1.14 bits per heavy atom. The number of aromatic nitrogens is 3. The van der Waals surface area contributed by atoms with Crippen LogP contribution in [0.15, 0.2) is 59.9 Å². The Hall–Kier alpha value is -3.17. The quantitative estimate of drug-likeness (QED) is 0.654. The summed E-state index contributed by atoms with van der Waals surface area (Å²) in [7, 11) is -2.19. The van der Waals surface area contributed by atoms with E-state index in [0.717, 1.165) is 5.56 Å². The van der Waals surface area contributed by atoms with Gasteiger partial charge in [-0.1, -0.05) is 12.1 Å². The molecule has 2 heterocycles. The summed E-state index contributed by atoms with van der Waals surface area (Å²) in [5, 5.41) is 2.77. The average molecular weight is 397 g/mol. The minimum Gasteiger partial charge on any atom is -0.348 e. The number of rotatable bonds is 6. The van der Waals surface area contributed by atoms with Crippen molar-refractivity contribution in [3.05, 3.63) is 71.8 Å². The fourth-order valence-corrected chi connectivity index (χ4v) is 3.34. The van der Waals surface area contributed by atoms with Gasteiger partial charge in [-0.05, 0) is 43.8 Å². The summed E-state index contributed by atoms with van der Waals surface area (Å²) >= 11 is 0. The van der Waals surface area contributed by atoms with Crippen LogP contribution in [-0.4, -0.2) is 36.3 Å². The molecule has 0 bridgehead atoms. The molecule has 3 aromatic rings. The maximum absolute atomic E-state index is 12.5. The largest absolute Gasteiger partial charge is 0.348 e. The summed E-state index contributed by atoms with van der Waals surface area (Å²) in [6.07, 6.45) is 4.79. The van der Waals surface area contributed by atoms with Crippen molar-refractivity contribution in [1.29, 1.82) is 0 Å². The van der Waals surface area contributed by atoms with Crippen LogP contribution in [0.5, 0.6) is 0 Å². The lowest BCUT2D eigenvalue weighted by molar-refractivity contribution is 0.0949. The van der Waals surface area contributed by atoms with Crippen LogP contribution in [0.3, 0.4) is 0 Å². The zero-order chi connectivity index (χ0) is 20.1. The van der Waals surface area contributed by atoms with Crippen LogP contribution in [0.2, 0.25) is 0 Å². The average Bonchev–Trinajstić information content (AvgIpc) is 2.72. The number of pyridine rings is 1. The highest BCUT2D eigenvalue weighted by molar-refractivity contribution is 7.89. The Kier molecular flexibility index (Phi) is 5.76. The van der Waals surface area contributed by atoms with Gasteiger partial charge >= 0.3 is 0 Å². The SMILES string of the molecule is CNS(=O)(=O)c1cccc(CNC(=O)c2cnc(-c3cccnc3)nc2C)c1. The molecule has 0 aliphatic rings. The second-order valence-corrected chi connectivity index (χ2v) is 7.86. The van der Waals surface area contributed by atoms with Crippen LogP contribution in [0.25, 0.3) is 11.4 Å². The van der Waals surface area contributed by atoms with E-state index in [1.54, 1.807) is 37.5 Å². The molecule has 0 fully saturated rings. The van der Waals surface area contributed by atoms with Crippen molar-refractivity contribution in [2.75, 3.05) is 7.05 Å². The van der Waals surface area contributed by atoms with E-state index in [1.807, 2.05) is 6.07 Å². The maximum atomic E-state index is 12.5. The Bertz CT molecular complexity index is 1100. The Labute approximate surface area is 163 Å². The zero-order valence-corrected chi connectivity index (χ0v) is 16.2. The molecule has 1 aromatic carbocycles. The van der Waals surface area contributed by atoms with E-state index in [4.69, 9.17) is 0 Å². The maximum Gasteiger partial charge on any atom is 0.254 e. The standard InChI is InChI=1S/C19H19N5O3S/c1-13-17(12-22-18(24-13)15-6-4-8-21-11-15)19(25)23-10-14-5-3-7-16(9-14)28(26,27)20-2/h3-9,11-12,20H,10H2,1-2H3,(H,23,25). The van der Waals surface area contributed by atoms with Crippen LogP contribution >= 0.6 is 0 Å². The first-order valence-corrected chi connectivity index (χ1v) is 9.94. The Morgan fingerprint density at radius 2 is 1.96 bits per heavy atom. The number of nitrogens with zero attached hydrogens (tertiary/aromatic N) is 3. The topological polar surface area (TPSA) is 114 Å². The molecule has 144 valence electrons. The first-order valence-electron chi connectivity index (χ1n) is 8.45. The van der Waals surface area contributed by atoms with Crippen molar-refractivity contribution in [2.45, 2.75) is 18.4 Å². The first kappa shape index (κ1) is 19.6. The van der Waals surface area contributed by atoms with E-state index >= 15 is 0 Å². The predicted octanol–water partition coefficient (Wildman–Crippen LogP) is 1.69. The van der Waals surface area contributed by atoms with Crippen molar-refractivity contribution in [3.8, 4) is 11.4 Å². The lowest BCUT2D eigenvalue weighted by Crippen LogP contribution is -2.24. The number of aryl methyl sites for hydroxylation is 1. The molecule has 0 aliphatic carbocycles. The molecule has 0 saturated carbocycles. The summed E-state index contributed by atoms with van der Waals surface area (Å²) in [6.45, 7) is 1.91. The van der Waals surface area contributed by atoms with Crippen molar-refractivity contribution < 1.29 is 13.2 Å². The third kappa shape index (κ3) is 4.38. The van der Waals surface area contributed by atoms with Gasteiger partial charge in [0.25, 0.3) is 5.91 Å². The fraction of sp³-hybridized carbons (Fsp3) is 0.158. The number of nitrogens with one attached hydrogen (secondary N) is 2. The summed E-state index contributed by atoms with van der Waals surface area (Å²) in [5.74, 6) is 0.157. The molecule has 0 aliphatic heterocycles. The van der Waals surface area contributed by atoms with E-state index in [2.05, 4.69) is 25.0 Å². The molecule has 0 saturated heterocycles. The summed E-state index contributed by atoms with van der Waals surface area (Å²) in [4.78, 5) is 25.3. The van der Waals surface area contributed by atoms with Crippen molar-refractivity contribution in [1.82, 2.24) is 25.0 Å². The normalized spacial score (nSPS) is 11.2. The zero-order valence-electron chi connectivity index (χ0n) is 15.4. The van der Waals surface area contributed by atoms with Gasteiger partial charge in [0, 0.05) is 30.7 Å². The minimum atomic E-state index is -3.54. The predicted molar refractivity (Wildman–Crippen MR) is 104 cm³/mol. The van der Waals surface area contributed by atoms with Crippen LogP contribution < -0.4 is 10.0 Å².